The molecule has 7 nitrogen and oxygen atoms in total. The van der Waals surface area contributed by atoms with Crippen LogP contribution in [0.15, 0.2) is 35.4 Å². The first kappa shape index (κ1) is 18.9. The van der Waals surface area contributed by atoms with E-state index < -0.39 is 10.0 Å². The maximum atomic E-state index is 12.9. The molecule has 0 spiro atoms. The van der Waals surface area contributed by atoms with Crippen LogP contribution >= 0.6 is 11.6 Å². The Kier molecular flexibility index (Phi) is 5.36. The largest absolute Gasteiger partial charge is 0.354 e. The summed E-state index contributed by atoms with van der Waals surface area (Å²) in [5, 5.41) is 0.460. The minimum atomic E-state index is -3.55. The van der Waals surface area contributed by atoms with Crippen molar-refractivity contribution in [1.82, 2.24) is 14.3 Å². The van der Waals surface area contributed by atoms with Gasteiger partial charge < -0.3 is 9.80 Å². The monoisotopic (exact) mass is 395 g/mol. The highest BCUT2D eigenvalue weighted by Gasteiger charge is 2.29. The van der Waals surface area contributed by atoms with Crippen molar-refractivity contribution in [1.29, 1.82) is 0 Å². The van der Waals surface area contributed by atoms with E-state index in [0.29, 0.717) is 37.1 Å². The Balaban J connectivity index is 1.73. The Bertz CT molecular complexity index is 896. The molecule has 0 aliphatic carbocycles. The molecule has 1 aliphatic rings. The van der Waals surface area contributed by atoms with E-state index in [-0.39, 0.29) is 4.90 Å². The van der Waals surface area contributed by atoms with Gasteiger partial charge in [0.05, 0.1) is 4.90 Å². The topological polar surface area (TPSA) is 69.6 Å². The van der Waals surface area contributed by atoms with Crippen molar-refractivity contribution in [2.75, 3.05) is 50.1 Å². The highest BCUT2D eigenvalue weighted by atomic mass is 35.5. The molecule has 3 rings (SSSR count). The summed E-state index contributed by atoms with van der Waals surface area (Å²) in [6.07, 6.45) is 1.72. The molecular formula is C17H22ClN5O2S. The number of nitrogens with zero attached hydrogens (tertiary/aromatic N) is 5. The van der Waals surface area contributed by atoms with Crippen LogP contribution in [0.1, 0.15) is 5.56 Å². The van der Waals surface area contributed by atoms with Gasteiger partial charge in [0, 0.05) is 51.5 Å². The predicted octanol–water partition coefficient (Wildman–Crippen LogP) is 2.02. The Morgan fingerprint density at radius 3 is 2.42 bits per heavy atom. The summed E-state index contributed by atoms with van der Waals surface area (Å²) >= 11 is 6.09. The summed E-state index contributed by atoms with van der Waals surface area (Å²) in [5.41, 5.74) is 0.857. The summed E-state index contributed by atoms with van der Waals surface area (Å²) < 4.78 is 27.2. The predicted molar refractivity (Wildman–Crippen MR) is 104 cm³/mol. The van der Waals surface area contributed by atoms with E-state index in [0.717, 1.165) is 11.4 Å². The van der Waals surface area contributed by atoms with Gasteiger partial charge >= 0.3 is 0 Å². The zero-order valence-electron chi connectivity index (χ0n) is 15.1. The Labute approximate surface area is 159 Å². The molecule has 2 aromatic rings. The van der Waals surface area contributed by atoms with E-state index >= 15 is 0 Å². The van der Waals surface area contributed by atoms with Crippen LogP contribution in [0.3, 0.4) is 0 Å². The van der Waals surface area contributed by atoms with E-state index in [1.165, 1.54) is 10.4 Å². The third-order valence-electron chi connectivity index (χ3n) is 4.37. The molecule has 0 bridgehead atoms. The molecule has 2 heterocycles. The van der Waals surface area contributed by atoms with E-state index in [2.05, 4.69) is 14.9 Å². The number of rotatable bonds is 4. The third kappa shape index (κ3) is 3.77. The summed E-state index contributed by atoms with van der Waals surface area (Å²) in [4.78, 5) is 12.9. The molecule has 0 N–H and O–H groups in total. The molecule has 0 atom stereocenters. The fourth-order valence-electron chi connectivity index (χ4n) is 2.77. The molecule has 1 saturated heterocycles. The number of sulfonamides is 1. The first-order valence-electron chi connectivity index (χ1n) is 8.30. The first-order valence-corrected chi connectivity index (χ1v) is 10.1. The molecule has 9 heteroatoms. The highest BCUT2D eigenvalue weighted by molar-refractivity contribution is 7.89. The number of anilines is 2. The molecule has 140 valence electrons. The second-order valence-electron chi connectivity index (χ2n) is 6.41. The van der Waals surface area contributed by atoms with Crippen molar-refractivity contribution in [2.45, 2.75) is 11.8 Å². The number of aromatic nitrogens is 2. The van der Waals surface area contributed by atoms with Crippen LogP contribution in [0.25, 0.3) is 0 Å². The second-order valence-corrected chi connectivity index (χ2v) is 8.76. The molecule has 1 aromatic heterocycles. The van der Waals surface area contributed by atoms with Crippen molar-refractivity contribution in [3.8, 4) is 0 Å². The van der Waals surface area contributed by atoms with Gasteiger partial charge in [0.1, 0.15) is 5.82 Å². The van der Waals surface area contributed by atoms with Crippen LogP contribution in [0, 0.1) is 6.92 Å². The average Bonchev–Trinajstić information content (AvgIpc) is 2.64. The van der Waals surface area contributed by atoms with Gasteiger partial charge in [-0.1, -0.05) is 17.7 Å². The molecule has 26 heavy (non-hydrogen) atoms. The van der Waals surface area contributed by atoms with Gasteiger partial charge in [0.2, 0.25) is 16.0 Å². The van der Waals surface area contributed by atoms with E-state index in [9.17, 15) is 8.42 Å². The molecule has 1 aromatic carbocycles. The third-order valence-corrected chi connectivity index (χ3v) is 6.67. The molecular weight excluding hydrogens is 374 g/mol. The van der Waals surface area contributed by atoms with Crippen LogP contribution in [0.4, 0.5) is 11.8 Å². The number of aryl methyl sites for hydroxylation is 1. The fourth-order valence-corrected chi connectivity index (χ4v) is 4.47. The van der Waals surface area contributed by atoms with E-state index in [1.807, 2.05) is 32.0 Å². The van der Waals surface area contributed by atoms with Gasteiger partial charge in [-0.2, -0.15) is 9.29 Å². The van der Waals surface area contributed by atoms with E-state index in [4.69, 9.17) is 11.6 Å². The Hall–Kier alpha value is -1.90. The number of piperazine rings is 1. The number of hydrogen-bond acceptors (Lipinski definition) is 6. The molecule has 0 amide bonds. The zero-order chi connectivity index (χ0) is 18.9. The zero-order valence-corrected chi connectivity index (χ0v) is 16.6. The van der Waals surface area contributed by atoms with Gasteiger partial charge in [0.15, 0.2) is 0 Å². The number of hydrogen-bond donors (Lipinski definition) is 0. The lowest BCUT2D eigenvalue weighted by Gasteiger charge is -2.34. The van der Waals surface area contributed by atoms with Gasteiger partial charge in [-0.15, -0.1) is 0 Å². The van der Waals surface area contributed by atoms with Gasteiger partial charge in [-0.05, 0) is 30.7 Å². The van der Waals surface area contributed by atoms with Crippen LogP contribution in [-0.4, -0.2) is 63.0 Å². The van der Waals surface area contributed by atoms with Crippen molar-refractivity contribution in [2.24, 2.45) is 0 Å². The van der Waals surface area contributed by atoms with Gasteiger partial charge in [-0.25, -0.2) is 13.4 Å². The van der Waals surface area contributed by atoms with Crippen LogP contribution in [0.5, 0.6) is 0 Å². The molecule has 0 radical (unpaired) electrons. The van der Waals surface area contributed by atoms with Crippen LogP contribution in [-0.2, 0) is 10.0 Å². The van der Waals surface area contributed by atoms with Crippen molar-refractivity contribution < 1.29 is 8.42 Å². The van der Waals surface area contributed by atoms with Gasteiger partial charge in [-0.3, -0.25) is 0 Å². The maximum absolute atomic E-state index is 12.9. The molecule has 0 saturated carbocycles. The minimum Gasteiger partial charge on any atom is -0.354 e. The highest BCUT2D eigenvalue weighted by Crippen LogP contribution is 2.24. The fraction of sp³-hybridized carbons (Fsp3) is 0.412. The lowest BCUT2D eigenvalue weighted by Crippen LogP contribution is -2.49. The van der Waals surface area contributed by atoms with Crippen molar-refractivity contribution >= 4 is 33.4 Å². The average molecular weight is 396 g/mol. The second kappa shape index (κ2) is 7.38. The van der Waals surface area contributed by atoms with Crippen molar-refractivity contribution in [3.63, 3.8) is 0 Å². The Morgan fingerprint density at radius 1 is 1.12 bits per heavy atom. The summed E-state index contributed by atoms with van der Waals surface area (Å²) in [5.74, 6) is 1.44. The number of benzene rings is 1. The smallest absolute Gasteiger partial charge is 0.243 e. The summed E-state index contributed by atoms with van der Waals surface area (Å²) in [6.45, 7) is 3.79. The quantitative estimate of drug-likeness (QED) is 0.788. The standard InChI is InChI=1S/C17H22ClN5O2S/c1-13-4-5-14(12-15(13)18)26(24,25)23-10-8-22(9-11-23)16-6-7-19-17(20-16)21(2)3/h4-7,12H,8-11H2,1-3H3. The number of halogens is 1. The van der Waals surface area contributed by atoms with Crippen LogP contribution < -0.4 is 9.80 Å². The normalized spacial score (nSPS) is 15.9. The minimum absolute atomic E-state index is 0.235. The molecule has 1 aliphatic heterocycles. The SMILES string of the molecule is Cc1ccc(S(=O)(=O)N2CCN(c3ccnc(N(C)C)n3)CC2)cc1Cl. The van der Waals surface area contributed by atoms with Crippen LogP contribution in [0.2, 0.25) is 5.02 Å². The van der Waals surface area contributed by atoms with Crippen molar-refractivity contribution in [3.05, 3.63) is 41.0 Å². The first-order chi connectivity index (χ1) is 12.3. The summed E-state index contributed by atoms with van der Waals surface area (Å²) in [7, 11) is 0.223. The summed E-state index contributed by atoms with van der Waals surface area (Å²) in [6, 6.07) is 6.70. The molecule has 1 fully saturated rings. The lowest BCUT2D eigenvalue weighted by atomic mass is 10.2. The maximum Gasteiger partial charge on any atom is 0.243 e. The molecule has 0 unspecified atom stereocenters. The Morgan fingerprint density at radius 2 is 1.81 bits per heavy atom. The van der Waals surface area contributed by atoms with Gasteiger partial charge in [0.25, 0.3) is 0 Å². The lowest BCUT2D eigenvalue weighted by molar-refractivity contribution is 0.384. The van der Waals surface area contributed by atoms with E-state index in [1.54, 1.807) is 18.3 Å².